The quantitative estimate of drug-likeness (QED) is 0.915. The van der Waals surface area contributed by atoms with Crippen LogP contribution in [0.5, 0.6) is 0 Å². The van der Waals surface area contributed by atoms with Gasteiger partial charge in [-0.1, -0.05) is 30.3 Å². The van der Waals surface area contributed by atoms with Gasteiger partial charge in [-0.25, -0.2) is 9.18 Å². The SMILES string of the molecule is CC1CN(C(=O)Nc2ccccc2)CC(c2ccc(F)cc2)O1. The molecular weight excluding hydrogens is 295 g/mol. The zero-order chi connectivity index (χ0) is 16.2. The fraction of sp³-hybridized carbons (Fsp3) is 0.278. The van der Waals surface area contributed by atoms with Gasteiger partial charge in [-0.15, -0.1) is 0 Å². The summed E-state index contributed by atoms with van der Waals surface area (Å²) in [4.78, 5) is 14.2. The van der Waals surface area contributed by atoms with E-state index in [4.69, 9.17) is 4.74 Å². The number of amides is 2. The number of para-hydroxylation sites is 1. The standard InChI is InChI=1S/C18H19FN2O2/c1-13-11-21(18(22)20-16-5-3-2-4-6-16)12-17(23-13)14-7-9-15(19)10-8-14/h2-10,13,17H,11-12H2,1H3,(H,20,22). The molecule has 1 fully saturated rings. The minimum atomic E-state index is -0.281. The van der Waals surface area contributed by atoms with Gasteiger partial charge in [0.25, 0.3) is 0 Å². The topological polar surface area (TPSA) is 41.6 Å². The van der Waals surface area contributed by atoms with Crippen molar-refractivity contribution in [3.8, 4) is 0 Å². The zero-order valence-corrected chi connectivity index (χ0v) is 12.9. The van der Waals surface area contributed by atoms with Crippen molar-refractivity contribution in [1.29, 1.82) is 0 Å². The lowest BCUT2D eigenvalue weighted by atomic mass is 10.1. The Morgan fingerprint density at radius 1 is 1.13 bits per heavy atom. The largest absolute Gasteiger partial charge is 0.367 e. The number of urea groups is 1. The number of carbonyl (C=O) groups excluding carboxylic acids is 1. The molecule has 2 amide bonds. The Kier molecular flexibility index (Phi) is 4.57. The molecule has 0 radical (unpaired) electrons. The van der Waals surface area contributed by atoms with Crippen LogP contribution in [0.1, 0.15) is 18.6 Å². The van der Waals surface area contributed by atoms with Gasteiger partial charge in [-0.05, 0) is 36.8 Å². The Hall–Kier alpha value is -2.40. The molecule has 0 saturated carbocycles. The number of morpholine rings is 1. The highest BCUT2D eigenvalue weighted by atomic mass is 19.1. The van der Waals surface area contributed by atoms with E-state index in [0.717, 1.165) is 11.3 Å². The van der Waals surface area contributed by atoms with Crippen molar-refractivity contribution in [3.05, 3.63) is 66.0 Å². The molecule has 2 unspecified atom stereocenters. The van der Waals surface area contributed by atoms with Crippen molar-refractivity contribution >= 4 is 11.7 Å². The summed E-state index contributed by atoms with van der Waals surface area (Å²) in [6.45, 7) is 2.89. The fourth-order valence-corrected chi connectivity index (χ4v) is 2.70. The monoisotopic (exact) mass is 314 g/mol. The van der Waals surface area contributed by atoms with E-state index in [-0.39, 0.29) is 24.1 Å². The van der Waals surface area contributed by atoms with E-state index in [1.807, 2.05) is 37.3 Å². The van der Waals surface area contributed by atoms with Crippen LogP contribution in [0.4, 0.5) is 14.9 Å². The van der Waals surface area contributed by atoms with Crippen molar-refractivity contribution in [1.82, 2.24) is 4.90 Å². The van der Waals surface area contributed by atoms with E-state index in [9.17, 15) is 9.18 Å². The second-order valence-corrected chi connectivity index (χ2v) is 5.69. The Morgan fingerprint density at radius 3 is 2.52 bits per heavy atom. The van der Waals surface area contributed by atoms with Crippen LogP contribution >= 0.6 is 0 Å². The molecule has 23 heavy (non-hydrogen) atoms. The van der Waals surface area contributed by atoms with Crippen LogP contribution in [0, 0.1) is 5.82 Å². The lowest BCUT2D eigenvalue weighted by molar-refractivity contribution is -0.0642. The molecule has 4 nitrogen and oxygen atoms in total. The summed E-state index contributed by atoms with van der Waals surface area (Å²) >= 11 is 0. The van der Waals surface area contributed by atoms with Crippen molar-refractivity contribution in [2.75, 3.05) is 18.4 Å². The average Bonchev–Trinajstić information content (AvgIpc) is 2.56. The van der Waals surface area contributed by atoms with Crippen LogP contribution in [0.25, 0.3) is 0 Å². The number of nitrogens with zero attached hydrogens (tertiary/aromatic N) is 1. The molecule has 1 aliphatic heterocycles. The molecule has 1 heterocycles. The summed E-state index contributed by atoms with van der Waals surface area (Å²) in [6.07, 6.45) is -0.332. The summed E-state index contributed by atoms with van der Waals surface area (Å²) in [5.41, 5.74) is 1.63. The maximum atomic E-state index is 13.1. The first kappa shape index (κ1) is 15.5. The molecule has 120 valence electrons. The minimum absolute atomic E-state index is 0.0830. The summed E-state index contributed by atoms with van der Waals surface area (Å²) in [6, 6.07) is 15.4. The van der Waals surface area contributed by atoms with Crippen LogP contribution in [-0.4, -0.2) is 30.1 Å². The van der Waals surface area contributed by atoms with Crippen molar-refractivity contribution in [2.24, 2.45) is 0 Å². The second-order valence-electron chi connectivity index (χ2n) is 5.69. The number of anilines is 1. The van der Waals surface area contributed by atoms with Gasteiger partial charge in [0.1, 0.15) is 11.9 Å². The minimum Gasteiger partial charge on any atom is -0.367 e. The zero-order valence-electron chi connectivity index (χ0n) is 12.9. The predicted octanol–water partition coefficient (Wildman–Crippen LogP) is 3.82. The molecule has 0 bridgehead atoms. The number of hydrogen-bond donors (Lipinski definition) is 1. The van der Waals surface area contributed by atoms with Crippen molar-refractivity contribution in [3.63, 3.8) is 0 Å². The molecule has 1 N–H and O–H groups in total. The molecule has 1 aliphatic rings. The molecule has 2 aromatic carbocycles. The Bertz CT molecular complexity index is 660. The van der Waals surface area contributed by atoms with Crippen LogP contribution < -0.4 is 5.32 Å². The van der Waals surface area contributed by atoms with Gasteiger partial charge < -0.3 is 15.0 Å². The van der Waals surface area contributed by atoms with Gasteiger partial charge in [0.15, 0.2) is 0 Å². The summed E-state index contributed by atoms with van der Waals surface area (Å²) < 4.78 is 19.0. The van der Waals surface area contributed by atoms with Gasteiger partial charge in [0.2, 0.25) is 0 Å². The number of benzene rings is 2. The molecule has 0 spiro atoms. The molecular formula is C18H19FN2O2. The number of rotatable bonds is 2. The first-order chi connectivity index (χ1) is 11.1. The first-order valence-corrected chi connectivity index (χ1v) is 7.64. The maximum absolute atomic E-state index is 13.1. The molecule has 5 heteroatoms. The number of ether oxygens (including phenoxy) is 1. The highest BCUT2D eigenvalue weighted by Crippen LogP contribution is 2.25. The number of halogens is 1. The Balaban J connectivity index is 1.70. The highest BCUT2D eigenvalue weighted by Gasteiger charge is 2.29. The molecule has 0 aliphatic carbocycles. The normalized spacial score (nSPS) is 21.0. The number of hydrogen-bond acceptors (Lipinski definition) is 2. The summed E-state index contributed by atoms with van der Waals surface area (Å²) in [5, 5.41) is 2.88. The van der Waals surface area contributed by atoms with Gasteiger partial charge in [-0.3, -0.25) is 0 Å². The lowest BCUT2D eigenvalue weighted by Gasteiger charge is -2.37. The van der Waals surface area contributed by atoms with Crippen LogP contribution in [-0.2, 0) is 4.74 Å². The van der Waals surface area contributed by atoms with Gasteiger partial charge in [-0.2, -0.15) is 0 Å². The first-order valence-electron chi connectivity index (χ1n) is 7.64. The van der Waals surface area contributed by atoms with E-state index in [1.54, 1.807) is 17.0 Å². The average molecular weight is 314 g/mol. The van der Waals surface area contributed by atoms with Crippen LogP contribution in [0.2, 0.25) is 0 Å². The molecule has 0 aromatic heterocycles. The van der Waals surface area contributed by atoms with E-state index >= 15 is 0 Å². The highest BCUT2D eigenvalue weighted by molar-refractivity contribution is 5.89. The number of nitrogens with one attached hydrogen (secondary N) is 1. The maximum Gasteiger partial charge on any atom is 0.322 e. The van der Waals surface area contributed by atoms with Gasteiger partial charge >= 0.3 is 6.03 Å². The lowest BCUT2D eigenvalue weighted by Crippen LogP contribution is -2.47. The number of carbonyl (C=O) groups is 1. The second kappa shape index (κ2) is 6.79. The van der Waals surface area contributed by atoms with E-state index in [0.29, 0.717) is 13.1 Å². The smallest absolute Gasteiger partial charge is 0.322 e. The van der Waals surface area contributed by atoms with Gasteiger partial charge in [0, 0.05) is 12.2 Å². The molecule has 2 atom stereocenters. The Labute approximate surface area is 134 Å². The summed E-state index contributed by atoms with van der Waals surface area (Å²) in [5.74, 6) is -0.281. The fourth-order valence-electron chi connectivity index (χ4n) is 2.70. The third-order valence-corrected chi connectivity index (χ3v) is 3.81. The van der Waals surface area contributed by atoms with E-state index in [2.05, 4.69) is 5.32 Å². The molecule has 3 rings (SSSR count). The Morgan fingerprint density at radius 2 is 1.83 bits per heavy atom. The summed E-state index contributed by atoms with van der Waals surface area (Å²) in [7, 11) is 0. The van der Waals surface area contributed by atoms with Gasteiger partial charge in [0.05, 0.1) is 12.6 Å². The van der Waals surface area contributed by atoms with Crippen molar-refractivity contribution in [2.45, 2.75) is 19.1 Å². The molecule has 1 saturated heterocycles. The van der Waals surface area contributed by atoms with Crippen LogP contribution in [0.15, 0.2) is 54.6 Å². The molecule has 2 aromatic rings. The van der Waals surface area contributed by atoms with E-state index in [1.165, 1.54) is 12.1 Å². The third kappa shape index (κ3) is 3.87. The third-order valence-electron chi connectivity index (χ3n) is 3.81. The van der Waals surface area contributed by atoms with E-state index < -0.39 is 0 Å². The van der Waals surface area contributed by atoms with Crippen molar-refractivity contribution < 1.29 is 13.9 Å². The predicted molar refractivity (Wildman–Crippen MR) is 86.7 cm³/mol. The van der Waals surface area contributed by atoms with Crippen LogP contribution in [0.3, 0.4) is 0 Å².